The smallest absolute Gasteiger partial charge is 0.656 e. The van der Waals surface area contributed by atoms with Gasteiger partial charge in [0, 0.05) is 41.7 Å². The van der Waals surface area contributed by atoms with Gasteiger partial charge >= 0.3 is 57.6 Å². The average molecular weight is 594 g/mol. The fourth-order valence-electron chi connectivity index (χ4n) is 3.80. The number of carbonyl (C=O) groups is 1. The van der Waals surface area contributed by atoms with E-state index in [0.717, 1.165) is 17.9 Å². The second-order valence-corrected chi connectivity index (χ2v) is 10.8. The summed E-state index contributed by atoms with van der Waals surface area (Å²) < 4.78 is 60.5. The van der Waals surface area contributed by atoms with Crippen molar-refractivity contribution < 1.29 is 77.9 Å². The molecule has 1 aromatic carbocycles. The van der Waals surface area contributed by atoms with E-state index in [1.807, 2.05) is 37.3 Å². The SMILES string of the molecule is CC1CCN(CC(F)(F)F)C1.CS(=O)/C=C/C[N-]C[C@@]1(F)CCCN(C=O)CC1.Clc1ccccc1.[K+]. The molecule has 2 aliphatic heterocycles. The fourth-order valence-corrected chi connectivity index (χ4v) is 4.30. The number of amides is 1. The van der Waals surface area contributed by atoms with Crippen LogP contribution in [0.5, 0.6) is 0 Å². The summed E-state index contributed by atoms with van der Waals surface area (Å²) >= 11 is 5.54. The van der Waals surface area contributed by atoms with E-state index < -0.39 is 29.2 Å². The van der Waals surface area contributed by atoms with Crippen LogP contribution in [0.3, 0.4) is 0 Å². The summed E-state index contributed by atoms with van der Waals surface area (Å²) in [4.78, 5) is 13.7. The van der Waals surface area contributed by atoms with Gasteiger partial charge in [-0.05, 0) is 55.7 Å². The molecule has 0 radical (unpaired) electrons. The quantitative estimate of drug-likeness (QED) is 0.211. The molecule has 0 aliphatic carbocycles. The molecule has 1 aromatic rings. The van der Waals surface area contributed by atoms with Crippen LogP contribution in [0.25, 0.3) is 5.32 Å². The number of hydrogen-bond donors (Lipinski definition) is 0. The number of rotatable bonds is 7. The Hall–Kier alpha value is 0.146. The zero-order valence-corrected chi connectivity index (χ0v) is 26.6. The van der Waals surface area contributed by atoms with Crippen LogP contribution in [0.4, 0.5) is 17.6 Å². The molecule has 206 valence electrons. The van der Waals surface area contributed by atoms with E-state index >= 15 is 0 Å². The molecule has 5 nitrogen and oxygen atoms in total. The minimum Gasteiger partial charge on any atom is -0.656 e. The molecular formula is C25H37ClF4KN3O2S. The Kier molecular flexibility index (Phi) is 20.2. The largest absolute Gasteiger partial charge is 1.00 e. The summed E-state index contributed by atoms with van der Waals surface area (Å²) in [6.07, 6.45) is 2.39. The number of nitrogens with zero attached hydrogens (tertiary/aromatic N) is 3. The van der Waals surface area contributed by atoms with E-state index in [2.05, 4.69) is 5.32 Å². The Morgan fingerprint density at radius 1 is 1.19 bits per heavy atom. The Morgan fingerprint density at radius 3 is 2.35 bits per heavy atom. The zero-order valence-electron chi connectivity index (χ0n) is 21.9. The van der Waals surface area contributed by atoms with Gasteiger partial charge in [-0.15, -0.1) is 13.1 Å². The molecule has 2 fully saturated rings. The maximum atomic E-state index is 14.4. The molecule has 0 saturated carbocycles. The molecule has 37 heavy (non-hydrogen) atoms. The van der Waals surface area contributed by atoms with Crippen molar-refractivity contribution in [2.75, 3.05) is 52.1 Å². The van der Waals surface area contributed by atoms with Gasteiger partial charge in [0.2, 0.25) is 6.41 Å². The van der Waals surface area contributed by atoms with Gasteiger partial charge in [0.1, 0.15) is 0 Å². The van der Waals surface area contributed by atoms with Crippen molar-refractivity contribution in [1.82, 2.24) is 9.80 Å². The van der Waals surface area contributed by atoms with Gasteiger partial charge in [-0.3, -0.25) is 13.9 Å². The Morgan fingerprint density at radius 2 is 1.86 bits per heavy atom. The standard InChI is InChI=1S/C12H20FN2O2S.C7H12F3N.C6H5Cl.K/c1-18(17)9-3-6-14-10-12(13)4-2-7-15(11-16)8-5-12;1-6-2-3-11(4-6)5-7(8,9)10;7-6-4-2-1-3-5-6;/h3,9,11H,2,4-8,10H2,1H3;6H,2-5H2,1H3;1-5H;/q-1;;;+1/b9-3+;;;/t12-,18?;;;/m1.../s1. The van der Waals surface area contributed by atoms with Crippen LogP contribution in [0, 0.1) is 5.92 Å². The predicted molar refractivity (Wildman–Crippen MR) is 139 cm³/mol. The predicted octanol–water partition coefficient (Wildman–Crippen LogP) is 2.84. The fraction of sp³-hybridized carbons (Fsp3) is 0.640. The summed E-state index contributed by atoms with van der Waals surface area (Å²) in [5.74, 6) is 0.428. The number of halogens is 5. The number of benzene rings is 1. The van der Waals surface area contributed by atoms with E-state index in [9.17, 15) is 26.6 Å². The maximum absolute atomic E-state index is 14.4. The third-order valence-electron chi connectivity index (χ3n) is 5.63. The molecule has 0 spiro atoms. The number of hydrogen-bond acceptors (Lipinski definition) is 3. The van der Waals surface area contributed by atoms with Gasteiger partial charge in [-0.1, -0.05) is 42.8 Å². The summed E-state index contributed by atoms with van der Waals surface area (Å²) in [7, 11) is -0.973. The molecule has 2 saturated heterocycles. The van der Waals surface area contributed by atoms with Gasteiger partial charge in [-0.2, -0.15) is 13.2 Å². The second-order valence-electron chi connectivity index (χ2n) is 9.12. The average Bonchev–Trinajstić information content (AvgIpc) is 3.09. The molecular weight excluding hydrogens is 557 g/mol. The molecule has 2 unspecified atom stereocenters. The summed E-state index contributed by atoms with van der Waals surface area (Å²) in [5, 5.41) is 6.47. The van der Waals surface area contributed by atoms with E-state index in [4.69, 9.17) is 11.6 Å². The van der Waals surface area contributed by atoms with Crippen LogP contribution in [-0.2, 0) is 15.6 Å². The van der Waals surface area contributed by atoms with E-state index in [-0.39, 0.29) is 57.9 Å². The van der Waals surface area contributed by atoms with Crippen LogP contribution in [-0.4, -0.2) is 84.3 Å². The first kappa shape index (κ1) is 37.1. The molecule has 0 bridgehead atoms. The minimum atomic E-state index is -4.02. The van der Waals surface area contributed by atoms with Crippen LogP contribution >= 0.6 is 11.6 Å². The number of carbonyl (C=O) groups excluding carboxylic acids is 1. The van der Waals surface area contributed by atoms with Crippen molar-refractivity contribution in [1.29, 1.82) is 0 Å². The van der Waals surface area contributed by atoms with Crippen molar-refractivity contribution >= 4 is 28.8 Å². The van der Waals surface area contributed by atoms with E-state index in [1.54, 1.807) is 22.6 Å². The molecule has 3 rings (SSSR count). The molecule has 0 N–H and O–H groups in total. The van der Waals surface area contributed by atoms with Crippen molar-refractivity contribution in [3.8, 4) is 0 Å². The normalized spacial score (nSPS) is 23.1. The molecule has 1 amide bonds. The number of likely N-dealkylation sites (tertiary alicyclic amines) is 2. The van der Waals surface area contributed by atoms with Crippen molar-refractivity contribution in [2.24, 2.45) is 5.92 Å². The molecule has 2 heterocycles. The van der Waals surface area contributed by atoms with E-state index in [1.165, 1.54) is 4.90 Å². The van der Waals surface area contributed by atoms with Crippen LogP contribution in [0.1, 0.15) is 32.6 Å². The van der Waals surface area contributed by atoms with Gasteiger partial charge in [0.15, 0.2) is 0 Å². The van der Waals surface area contributed by atoms with Crippen LogP contribution in [0.15, 0.2) is 41.8 Å². The third-order valence-corrected chi connectivity index (χ3v) is 6.46. The third kappa shape index (κ3) is 19.8. The molecule has 2 aliphatic rings. The topological polar surface area (TPSA) is 54.7 Å². The maximum Gasteiger partial charge on any atom is 1.00 e. The van der Waals surface area contributed by atoms with E-state index in [0.29, 0.717) is 57.9 Å². The summed E-state index contributed by atoms with van der Waals surface area (Å²) in [6, 6.07) is 9.44. The first-order chi connectivity index (χ1) is 16.9. The van der Waals surface area contributed by atoms with Crippen molar-refractivity contribution in [3.05, 3.63) is 52.2 Å². The van der Waals surface area contributed by atoms with Crippen LogP contribution < -0.4 is 51.4 Å². The molecule has 0 aromatic heterocycles. The minimum absolute atomic E-state index is 0. The molecule has 12 heteroatoms. The Bertz CT molecular complexity index is 808. The second kappa shape index (κ2) is 20.1. The Labute approximate surface area is 268 Å². The zero-order chi connectivity index (χ0) is 27.0. The van der Waals surface area contributed by atoms with Crippen molar-refractivity contribution in [2.45, 2.75) is 44.5 Å². The first-order valence-electron chi connectivity index (χ1n) is 11.9. The van der Waals surface area contributed by atoms with Gasteiger partial charge in [-0.25, -0.2) is 4.39 Å². The Balaban J connectivity index is 0.000000577. The first-order valence-corrected chi connectivity index (χ1v) is 13.9. The summed E-state index contributed by atoms with van der Waals surface area (Å²) in [5.41, 5.74) is -1.29. The van der Waals surface area contributed by atoms with Crippen LogP contribution in [0.2, 0.25) is 5.02 Å². The van der Waals surface area contributed by atoms with Gasteiger partial charge in [0.25, 0.3) is 0 Å². The van der Waals surface area contributed by atoms with Gasteiger partial charge in [0.05, 0.1) is 12.2 Å². The molecule has 3 atom stereocenters. The van der Waals surface area contributed by atoms with Crippen molar-refractivity contribution in [3.63, 3.8) is 0 Å². The number of alkyl halides is 4. The summed E-state index contributed by atoms with van der Waals surface area (Å²) in [6.45, 7) is 4.07. The van der Waals surface area contributed by atoms with Gasteiger partial charge < -0.3 is 10.2 Å². The monoisotopic (exact) mass is 593 g/mol.